The smallest absolute Gasteiger partial charge is 0.271 e. The standard InChI is InChI=1S/C22H29ClN4O/c23-18-10-8-17(9-11-18)21-25-20(19-7-2-1-3-16-27(19)21)22(28)24-12-6-15-26-13-4-5-14-26/h8-11H,1-7,12-16H2,(H,24,28). The van der Waals surface area contributed by atoms with Gasteiger partial charge in [0.25, 0.3) is 5.91 Å². The number of halogens is 1. The maximum absolute atomic E-state index is 12.9. The highest BCUT2D eigenvalue weighted by atomic mass is 35.5. The predicted molar refractivity (Wildman–Crippen MR) is 113 cm³/mol. The number of imidazole rings is 1. The zero-order valence-corrected chi connectivity index (χ0v) is 17.2. The summed E-state index contributed by atoms with van der Waals surface area (Å²) in [7, 11) is 0. The lowest BCUT2D eigenvalue weighted by Crippen LogP contribution is -2.29. The molecule has 1 fully saturated rings. The molecule has 1 amide bonds. The van der Waals surface area contributed by atoms with Gasteiger partial charge in [0.15, 0.2) is 0 Å². The lowest BCUT2D eigenvalue weighted by atomic mass is 10.1. The number of hydrogen-bond donors (Lipinski definition) is 1. The molecule has 0 radical (unpaired) electrons. The third kappa shape index (κ3) is 4.41. The first kappa shape index (κ1) is 19.5. The third-order valence-electron chi connectivity index (χ3n) is 5.82. The summed E-state index contributed by atoms with van der Waals surface area (Å²) < 4.78 is 2.25. The zero-order chi connectivity index (χ0) is 19.3. The molecule has 1 N–H and O–H groups in total. The molecule has 0 unspecified atom stereocenters. The van der Waals surface area contributed by atoms with Gasteiger partial charge in [-0.3, -0.25) is 4.79 Å². The van der Waals surface area contributed by atoms with Crippen molar-refractivity contribution in [2.45, 2.75) is 51.5 Å². The molecule has 2 aliphatic rings. The van der Waals surface area contributed by atoms with Gasteiger partial charge >= 0.3 is 0 Å². The fraction of sp³-hybridized carbons (Fsp3) is 0.545. The Labute approximate surface area is 172 Å². The van der Waals surface area contributed by atoms with Crippen molar-refractivity contribution in [1.29, 1.82) is 0 Å². The second kappa shape index (κ2) is 9.10. The van der Waals surface area contributed by atoms with Crippen LogP contribution in [0.2, 0.25) is 5.02 Å². The maximum Gasteiger partial charge on any atom is 0.271 e. The fourth-order valence-corrected chi connectivity index (χ4v) is 4.44. The van der Waals surface area contributed by atoms with Crippen LogP contribution in [0.5, 0.6) is 0 Å². The number of nitrogens with one attached hydrogen (secondary N) is 1. The van der Waals surface area contributed by atoms with Gasteiger partial charge in [0.05, 0.1) is 5.69 Å². The monoisotopic (exact) mass is 400 g/mol. The normalized spacial score (nSPS) is 17.3. The van der Waals surface area contributed by atoms with E-state index in [0.29, 0.717) is 17.3 Å². The summed E-state index contributed by atoms with van der Waals surface area (Å²) in [4.78, 5) is 20.2. The average Bonchev–Trinajstić information content (AvgIpc) is 3.28. The number of likely N-dealkylation sites (tertiary alicyclic amines) is 1. The molecule has 1 aromatic carbocycles. The molecule has 3 heterocycles. The Morgan fingerprint density at radius 3 is 2.57 bits per heavy atom. The Hall–Kier alpha value is -1.85. The second-order valence-corrected chi connectivity index (χ2v) is 8.29. The molecule has 6 heteroatoms. The summed E-state index contributed by atoms with van der Waals surface area (Å²) in [6.07, 6.45) is 7.95. The van der Waals surface area contributed by atoms with Gasteiger partial charge < -0.3 is 14.8 Å². The van der Waals surface area contributed by atoms with E-state index in [0.717, 1.165) is 55.9 Å². The first-order valence-electron chi connectivity index (χ1n) is 10.6. The van der Waals surface area contributed by atoms with Crippen LogP contribution >= 0.6 is 11.6 Å². The molecule has 1 aromatic heterocycles. The van der Waals surface area contributed by atoms with Crippen molar-refractivity contribution in [3.05, 3.63) is 40.7 Å². The highest BCUT2D eigenvalue weighted by Gasteiger charge is 2.24. The van der Waals surface area contributed by atoms with Crippen LogP contribution < -0.4 is 5.32 Å². The SMILES string of the molecule is O=C(NCCCN1CCCC1)c1nc(-c2ccc(Cl)cc2)n2c1CCCCC2. The summed E-state index contributed by atoms with van der Waals surface area (Å²) in [6.45, 7) is 5.10. The van der Waals surface area contributed by atoms with Crippen LogP contribution in [0, 0.1) is 0 Å². The van der Waals surface area contributed by atoms with E-state index in [2.05, 4.69) is 14.8 Å². The molecule has 28 heavy (non-hydrogen) atoms. The number of hydrogen-bond acceptors (Lipinski definition) is 3. The van der Waals surface area contributed by atoms with Gasteiger partial charge in [-0.1, -0.05) is 18.0 Å². The van der Waals surface area contributed by atoms with E-state index in [1.807, 2.05) is 24.3 Å². The van der Waals surface area contributed by atoms with E-state index in [1.165, 1.54) is 32.4 Å². The first-order chi connectivity index (χ1) is 13.7. The van der Waals surface area contributed by atoms with Gasteiger partial charge in [0.2, 0.25) is 0 Å². The summed E-state index contributed by atoms with van der Waals surface area (Å²) in [5, 5.41) is 3.82. The Morgan fingerprint density at radius 2 is 1.79 bits per heavy atom. The molecular formula is C22H29ClN4O. The first-order valence-corrected chi connectivity index (χ1v) is 11.0. The van der Waals surface area contributed by atoms with E-state index in [1.54, 1.807) is 0 Å². The molecule has 0 saturated carbocycles. The van der Waals surface area contributed by atoms with Gasteiger partial charge in [-0.2, -0.15) is 0 Å². The summed E-state index contributed by atoms with van der Waals surface area (Å²) in [5.74, 6) is 0.850. The molecule has 5 nitrogen and oxygen atoms in total. The molecule has 4 rings (SSSR count). The lowest BCUT2D eigenvalue weighted by Gasteiger charge is -2.14. The molecule has 0 spiro atoms. The largest absolute Gasteiger partial charge is 0.351 e. The number of benzene rings is 1. The minimum Gasteiger partial charge on any atom is -0.351 e. The fourth-order valence-electron chi connectivity index (χ4n) is 4.32. The summed E-state index contributed by atoms with van der Waals surface area (Å²) in [6, 6.07) is 7.74. The Kier molecular flexibility index (Phi) is 6.33. The topological polar surface area (TPSA) is 50.2 Å². The predicted octanol–water partition coefficient (Wildman–Crippen LogP) is 4.15. The quantitative estimate of drug-likeness (QED) is 0.741. The van der Waals surface area contributed by atoms with Gasteiger partial charge in [-0.05, 0) is 82.4 Å². The van der Waals surface area contributed by atoms with Crippen molar-refractivity contribution in [2.75, 3.05) is 26.2 Å². The van der Waals surface area contributed by atoms with Gasteiger partial charge in [0.1, 0.15) is 11.5 Å². The summed E-state index contributed by atoms with van der Waals surface area (Å²) >= 11 is 6.05. The van der Waals surface area contributed by atoms with E-state index >= 15 is 0 Å². The number of carbonyl (C=O) groups excluding carboxylic acids is 1. The minimum atomic E-state index is -0.0349. The van der Waals surface area contributed by atoms with Crippen molar-refractivity contribution < 1.29 is 4.79 Å². The third-order valence-corrected chi connectivity index (χ3v) is 6.07. The van der Waals surface area contributed by atoms with E-state index < -0.39 is 0 Å². The molecule has 2 aliphatic heterocycles. The molecule has 0 atom stereocenters. The van der Waals surface area contributed by atoms with Gasteiger partial charge in [-0.25, -0.2) is 4.98 Å². The number of carbonyl (C=O) groups is 1. The Bertz CT molecular complexity index is 809. The van der Waals surface area contributed by atoms with E-state index in [4.69, 9.17) is 16.6 Å². The number of amides is 1. The molecule has 150 valence electrons. The average molecular weight is 401 g/mol. The van der Waals surface area contributed by atoms with Crippen LogP contribution in [0.3, 0.4) is 0 Å². The van der Waals surface area contributed by atoms with Crippen LogP contribution in [0.25, 0.3) is 11.4 Å². The number of nitrogens with zero attached hydrogens (tertiary/aromatic N) is 3. The van der Waals surface area contributed by atoms with Crippen molar-refractivity contribution in [3.63, 3.8) is 0 Å². The second-order valence-electron chi connectivity index (χ2n) is 7.86. The number of rotatable bonds is 6. The lowest BCUT2D eigenvalue weighted by molar-refractivity contribution is 0.0946. The van der Waals surface area contributed by atoms with Crippen LogP contribution in [0.15, 0.2) is 24.3 Å². The number of aromatic nitrogens is 2. The number of fused-ring (bicyclic) bond motifs is 1. The Morgan fingerprint density at radius 1 is 1.04 bits per heavy atom. The van der Waals surface area contributed by atoms with E-state index in [9.17, 15) is 4.79 Å². The van der Waals surface area contributed by atoms with Gasteiger partial charge in [-0.15, -0.1) is 0 Å². The molecule has 2 aromatic rings. The van der Waals surface area contributed by atoms with Gasteiger partial charge in [0, 0.05) is 23.7 Å². The van der Waals surface area contributed by atoms with E-state index in [-0.39, 0.29) is 5.91 Å². The molecular weight excluding hydrogens is 372 g/mol. The summed E-state index contributed by atoms with van der Waals surface area (Å²) in [5.41, 5.74) is 2.70. The van der Waals surface area contributed by atoms with Crippen molar-refractivity contribution in [2.24, 2.45) is 0 Å². The van der Waals surface area contributed by atoms with Crippen molar-refractivity contribution >= 4 is 17.5 Å². The maximum atomic E-state index is 12.9. The Balaban J connectivity index is 1.49. The highest BCUT2D eigenvalue weighted by Crippen LogP contribution is 2.28. The zero-order valence-electron chi connectivity index (χ0n) is 16.4. The van der Waals surface area contributed by atoms with Crippen molar-refractivity contribution in [1.82, 2.24) is 19.8 Å². The van der Waals surface area contributed by atoms with Crippen LogP contribution in [0.1, 0.15) is 54.7 Å². The van der Waals surface area contributed by atoms with Crippen LogP contribution in [0.4, 0.5) is 0 Å². The highest BCUT2D eigenvalue weighted by molar-refractivity contribution is 6.30. The van der Waals surface area contributed by atoms with Crippen LogP contribution in [-0.2, 0) is 13.0 Å². The van der Waals surface area contributed by atoms with Crippen LogP contribution in [-0.4, -0.2) is 46.5 Å². The molecule has 1 saturated heterocycles. The minimum absolute atomic E-state index is 0.0349. The molecule has 0 aliphatic carbocycles. The van der Waals surface area contributed by atoms with Crippen molar-refractivity contribution in [3.8, 4) is 11.4 Å². The molecule has 0 bridgehead atoms.